The normalized spacial score (nSPS) is 11.1. The number of methoxy groups -OCH3 is 1. The van der Waals surface area contributed by atoms with Crippen molar-refractivity contribution in [2.24, 2.45) is 4.99 Å². The molecule has 3 heteroatoms. The van der Waals surface area contributed by atoms with Crippen LogP contribution in [0, 0.1) is 0 Å². The molecule has 0 aliphatic heterocycles. The number of amidine groups is 1. The van der Waals surface area contributed by atoms with E-state index < -0.39 is 0 Å². The van der Waals surface area contributed by atoms with Crippen LogP contribution < -0.4 is 10.1 Å². The zero-order valence-electron chi connectivity index (χ0n) is 10.6. The molecule has 0 bridgehead atoms. The molecule has 2 rings (SSSR count). The van der Waals surface area contributed by atoms with Gasteiger partial charge in [0.15, 0.2) is 0 Å². The van der Waals surface area contributed by atoms with Gasteiger partial charge in [0.25, 0.3) is 0 Å². The van der Waals surface area contributed by atoms with Gasteiger partial charge in [-0.3, -0.25) is 4.99 Å². The number of rotatable bonds is 3. The zero-order valence-corrected chi connectivity index (χ0v) is 10.6. The average molecular weight is 240 g/mol. The lowest BCUT2D eigenvalue weighted by atomic mass is 10.2. The van der Waals surface area contributed by atoms with Gasteiger partial charge in [-0.05, 0) is 24.3 Å². The summed E-state index contributed by atoms with van der Waals surface area (Å²) in [5, 5.41) is 3.29. The predicted octanol–water partition coefficient (Wildman–Crippen LogP) is 3.18. The van der Waals surface area contributed by atoms with Crippen molar-refractivity contribution in [3.8, 4) is 5.75 Å². The maximum Gasteiger partial charge on any atom is 0.132 e. The predicted molar refractivity (Wildman–Crippen MR) is 75.5 cm³/mol. The molecule has 3 nitrogen and oxygen atoms in total. The van der Waals surface area contributed by atoms with E-state index in [2.05, 4.69) is 10.3 Å². The molecule has 0 aliphatic rings. The number of benzene rings is 2. The van der Waals surface area contributed by atoms with Gasteiger partial charge in [0.1, 0.15) is 11.6 Å². The number of aliphatic imine (C=N–C) groups is 1. The Morgan fingerprint density at radius 3 is 2.22 bits per heavy atom. The number of nitrogens with one attached hydrogen (secondary N) is 1. The maximum absolute atomic E-state index is 5.13. The van der Waals surface area contributed by atoms with Crippen molar-refractivity contribution in [3.63, 3.8) is 0 Å². The third kappa shape index (κ3) is 2.88. The second-order valence-electron chi connectivity index (χ2n) is 3.79. The molecular formula is C15H16N2O. The number of ether oxygens (including phenoxy) is 1. The fraction of sp³-hybridized carbons (Fsp3) is 0.133. The lowest BCUT2D eigenvalue weighted by Crippen LogP contribution is -2.13. The Morgan fingerprint density at radius 1 is 1.00 bits per heavy atom. The Kier molecular flexibility index (Phi) is 3.97. The Labute approximate surface area is 107 Å². The van der Waals surface area contributed by atoms with Crippen molar-refractivity contribution >= 4 is 11.5 Å². The quantitative estimate of drug-likeness (QED) is 0.660. The van der Waals surface area contributed by atoms with E-state index in [-0.39, 0.29) is 0 Å². The molecule has 18 heavy (non-hydrogen) atoms. The SMILES string of the molecule is CN=C(Nc1ccc(OC)cc1)c1ccccc1. The Balaban J connectivity index is 2.16. The van der Waals surface area contributed by atoms with Crippen LogP contribution >= 0.6 is 0 Å². The summed E-state index contributed by atoms with van der Waals surface area (Å²) < 4.78 is 5.13. The number of hydrogen-bond donors (Lipinski definition) is 1. The van der Waals surface area contributed by atoms with Gasteiger partial charge >= 0.3 is 0 Å². The minimum Gasteiger partial charge on any atom is -0.497 e. The summed E-state index contributed by atoms with van der Waals surface area (Å²) in [5.74, 6) is 1.69. The average Bonchev–Trinajstić information content (AvgIpc) is 2.46. The highest BCUT2D eigenvalue weighted by atomic mass is 16.5. The first-order valence-electron chi connectivity index (χ1n) is 5.77. The van der Waals surface area contributed by atoms with E-state index in [4.69, 9.17) is 4.74 Å². The molecule has 0 fully saturated rings. The summed E-state index contributed by atoms with van der Waals surface area (Å²) in [6.07, 6.45) is 0. The van der Waals surface area contributed by atoms with E-state index in [0.29, 0.717) is 0 Å². The molecule has 0 atom stereocenters. The van der Waals surface area contributed by atoms with Gasteiger partial charge in [-0.2, -0.15) is 0 Å². The van der Waals surface area contributed by atoms with Crippen LogP contribution in [0.15, 0.2) is 59.6 Å². The standard InChI is InChI=1S/C15H16N2O/c1-16-15(12-6-4-3-5-7-12)17-13-8-10-14(18-2)11-9-13/h3-11H,1-2H3,(H,16,17). The molecule has 2 aromatic carbocycles. The molecule has 0 aromatic heterocycles. The first kappa shape index (κ1) is 12.2. The molecule has 0 radical (unpaired) electrons. The highest BCUT2D eigenvalue weighted by Gasteiger charge is 2.02. The van der Waals surface area contributed by atoms with Gasteiger partial charge in [-0.15, -0.1) is 0 Å². The van der Waals surface area contributed by atoms with E-state index in [9.17, 15) is 0 Å². The van der Waals surface area contributed by atoms with Crippen LogP contribution in [0.25, 0.3) is 0 Å². The van der Waals surface area contributed by atoms with E-state index >= 15 is 0 Å². The van der Waals surface area contributed by atoms with Crippen LogP contribution in [-0.4, -0.2) is 20.0 Å². The Morgan fingerprint density at radius 2 is 1.67 bits per heavy atom. The van der Waals surface area contributed by atoms with E-state index in [1.165, 1.54) is 0 Å². The van der Waals surface area contributed by atoms with Crippen molar-refractivity contribution in [2.75, 3.05) is 19.5 Å². The van der Waals surface area contributed by atoms with Crippen LogP contribution in [0.4, 0.5) is 5.69 Å². The highest BCUT2D eigenvalue weighted by molar-refractivity contribution is 6.08. The first-order valence-corrected chi connectivity index (χ1v) is 5.77. The Bertz CT molecular complexity index is 518. The molecule has 0 saturated carbocycles. The minimum absolute atomic E-state index is 0.843. The molecule has 0 spiro atoms. The second kappa shape index (κ2) is 5.87. The monoisotopic (exact) mass is 240 g/mol. The maximum atomic E-state index is 5.13. The fourth-order valence-corrected chi connectivity index (χ4v) is 1.66. The van der Waals surface area contributed by atoms with Crippen molar-refractivity contribution in [2.45, 2.75) is 0 Å². The van der Waals surface area contributed by atoms with Crippen LogP contribution in [0.1, 0.15) is 5.56 Å². The van der Waals surface area contributed by atoms with E-state index in [1.54, 1.807) is 14.2 Å². The molecule has 0 saturated heterocycles. The Hall–Kier alpha value is -2.29. The van der Waals surface area contributed by atoms with Gasteiger partial charge in [-0.25, -0.2) is 0 Å². The molecule has 92 valence electrons. The summed E-state index contributed by atoms with van der Waals surface area (Å²) in [6, 6.07) is 17.8. The summed E-state index contributed by atoms with van der Waals surface area (Å²) in [7, 11) is 3.43. The van der Waals surface area contributed by atoms with Crippen molar-refractivity contribution < 1.29 is 4.74 Å². The summed E-state index contributed by atoms with van der Waals surface area (Å²) in [4.78, 5) is 4.27. The third-order valence-corrected chi connectivity index (χ3v) is 2.62. The van der Waals surface area contributed by atoms with Gasteiger partial charge in [-0.1, -0.05) is 30.3 Å². The molecular weight excluding hydrogens is 224 g/mol. The lowest BCUT2D eigenvalue weighted by Gasteiger charge is -2.10. The molecule has 0 unspecified atom stereocenters. The smallest absolute Gasteiger partial charge is 0.132 e. The van der Waals surface area contributed by atoms with E-state index in [1.807, 2.05) is 54.6 Å². The van der Waals surface area contributed by atoms with Crippen LogP contribution in [-0.2, 0) is 0 Å². The van der Waals surface area contributed by atoms with Crippen molar-refractivity contribution in [1.82, 2.24) is 0 Å². The fourth-order valence-electron chi connectivity index (χ4n) is 1.66. The molecule has 0 amide bonds. The van der Waals surface area contributed by atoms with Gasteiger partial charge < -0.3 is 10.1 Å². The number of anilines is 1. The zero-order chi connectivity index (χ0) is 12.8. The first-order chi connectivity index (χ1) is 8.83. The minimum atomic E-state index is 0.843. The molecule has 0 aliphatic carbocycles. The summed E-state index contributed by atoms with van der Waals surface area (Å²) >= 11 is 0. The summed E-state index contributed by atoms with van der Waals surface area (Å²) in [6.45, 7) is 0. The third-order valence-electron chi connectivity index (χ3n) is 2.62. The largest absolute Gasteiger partial charge is 0.497 e. The lowest BCUT2D eigenvalue weighted by molar-refractivity contribution is 0.415. The summed E-state index contributed by atoms with van der Waals surface area (Å²) in [5.41, 5.74) is 2.05. The molecule has 2 aromatic rings. The molecule has 1 N–H and O–H groups in total. The van der Waals surface area contributed by atoms with Gasteiger partial charge in [0.2, 0.25) is 0 Å². The molecule has 0 heterocycles. The highest BCUT2D eigenvalue weighted by Crippen LogP contribution is 2.16. The number of nitrogens with zero attached hydrogens (tertiary/aromatic N) is 1. The number of hydrogen-bond acceptors (Lipinski definition) is 2. The second-order valence-corrected chi connectivity index (χ2v) is 3.79. The van der Waals surface area contributed by atoms with Crippen LogP contribution in [0.5, 0.6) is 5.75 Å². The van der Waals surface area contributed by atoms with Crippen LogP contribution in [0.3, 0.4) is 0 Å². The van der Waals surface area contributed by atoms with Crippen LogP contribution in [0.2, 0.25) is 0 Å². The van der Waals surface area contributed by atoms with Gasteiger partial charge in [0, 0.05) is 18.3 Å². The van der Waals surface area contributed by atoms with E-state index in [0.717, 1.165) is 22.8 Å². The van der Waals surface area contributed by atoms with Gasteiger partial charge in [0.05, 0.1) is 7.11 Å². The van der Waals surface area contributed by atoms with Crippen molar-refractivity contribution in [1.29, 1.82) is 0 Å². The van der Waals surface area contributed by atoms with Crippen molar-refractivity contribution in [3.05, 3.63) is 60.2 Å². The topological polar surface area (TPSA) is 33.6 Å².